The lowest BCUT2D eigenvalue weighted by molar-refractivity contribution is 0.317. The molecule has 0 saturated heterocycles. The summed E-state index contributed by atoms with van der Waals surface area (Å²) in [4.78, 5) is 23.9. The summed E-state index contributed by atoms with van der Waals surface area (Å²) in [5.41, 5.74) is -1.28. The quantitative estimate of drug-likeness (QED) is 0.792. The van der Waals surface area contributed by atoms with Crippen molar-refractivity contribution in [1.29, 1.82) is 0 Å². The third kappa shape index (κ3) is 3.73. The van der Waals surface area contributed by atoms with Crippen molar-refractivity contribution in [2.45, 2.75) is 19.9 Å². The number of nitrogens with zero attached hydrogens (tertiary/aromatic N) is 3. The molecule has 0 atom stereocenters. The van der Waals surface area contributed by atoms with E-state index in [2.05, 4.69) is 5.10 Å². The molecule has 2 rings (SSSR count). The lowest BCUT2D eigenvalue weighted by Gasteiger charge is -2.12. The van der Waals surface area contributed by atoms with Gasteiger partial charge in [0, 0.05) is 6.07 Å². The van der Waals surface area contributed by atoms with Crippen LogP contribution in [0.15, 0.2) is 27.9 Å². The molecule has 1 heterocycles. The lowest BCUT2D eigenvalue weighted by atomic mass is 10.3. The highest BCUT2D eigenvalue weighted by Gasteiger charge is 2.14. The van der Waals surface area contributed by atoms with Crippen molar-refractivity contribution in [2.24, 2.45) is 0 Å². The summed E-state index contributed by atoms with van der Waals surface area (Å²) in [5.74, 6) is 0.338. The molecule has 0 N–H and O–H groups in total. The van der Waals surface area contributed by atoms with Gasteiger partial charge in [-0.3, -0.25) is 9.36 Å². The van der Waals surface area contributed by atoms with Crippen molar-refractivity contribution in [1.82, 2.24) is 14.3 Å². The first-order valence-electron chi connectivity index (χ1n) is 6.87. The van der Waals surface area contributed by atoms with Crippen molar-refractivity contribution >= 4 is 23.2 Å². The molecule has 0 aliphatic carbocycles. The SMILES string of the molecule is CCCOc1cc(-n2ncc(=O)n(CCF)c2=O)c(Cl)cc1Cl. The molecule has 0 aliphatic rings. The number of benzene rings is 1. The van der Waals surface area contributed by atoms with Crippen LogP contribution in [0.1, 0.15) is 13.3 Å². The van der Waals surface area contributed by atoms with Gasteiger partial charge >= 0.3 is 5.69 Å². The standard InChI is InChI=1S/C14H14Cl2FN3O3/c1-2-5-23-12-7-11(9(15)6-10(12)16)20-14(22)19(4-3-17)13(21)8-18-20/h6-8H,2-5H2,1H3. The Morgan fingerprint density at radius 2 is 2.00 bits per heavy atom. The van der Waals surface area contributed by atoms with E-state index in [4.69, 9.17) is 27.9 Å². The number of aromatic nitrogens is 3. The summed E-state index contributed by atoms with van der Waals surface area (Å²) in [5, 5.41) is 4.21. The molecule has 23 heavy (non-hydrogen) atoms. The van der Waals surface area contributed by atoms with Gasteiger partial charge in [-0.15, -0.1) is 0 Å². The maximum absolute atomic E-state index is 12.5. The summed E-state index contributed by atoms with van der Waals surface area (Å²) in [6.07, 6.45) is 1.70. The van der Waals surface area contributed by atoms with E-state index in [0.29, 0.717) is 12.4 Å². The summed E-state index contributed by atoms with van der Waals surface area (Å²) in [6.45, 7) is 1.16. The number of rotatable bonds is 6. The second-order valence-corrected chi connectivity index (χ2v) is 5.41. The Hall–Kier alpha value is -1.86. The van der Waals surface area contributed by atoms with E-state index < -0.39 is 17.9 Å². The van der Waals surface area contributed by atoms with Crippen LogP contribution in [0.3, 0.4) is 0 Å². The summed E-state index contributed by atoms with van der Waals surface area (Å²) in [7, 11) is 0. The zero-order chi connectivity index (χ0) is 17.0. The molecule has 9 heteroatoms. The molecule has 0 radical (unpaired) electrons. The molecule has 6 nitrogen and oxygen atoms in total. The Bertz CT molecular complexity index is 820. The maximum atomic E-state index is 12.5. The van der Waals surface area contributed by atoms with Gasteiger partial charge in [0.2, 0.25) is 0 Å². The first kappa shape index (κ1) is 17.5. The highest BCUT2D eigenvalue weighted by Crippen LogP contribution is 2.32. The highest BCUT2D eigenvalue weighted by atomic mass is 35.5. The number of ether oxygens (including phenoxy) is 1. The molecular weight excluding hydrogens is 348 g/mol. The molecule has 0 aliphatic heterocycles. The van der Waals surface area contributed by atoms with E-state index in [1.165, 1.54) is 12.1 Å². The third-order valence-corrected chi connectivity index (χ3v) is 3.56. The monoisotopic (exact) mass is 361 g/mol. The van der Waals surface area contributed by atoms with Gasteiger partial charge in [0.1, 0.15) is 18.6 Å². The minimum absolute atomic E-state index is 0.152. The largest absolute Gasteiger partial charge is 0.492 e. The smallest absolute Gasteiger partial charge is 0.352 e. The van der Waals surface area contributed by atoms with Gasteiger partial charge in [-0.05, 0) is 12.5 Å². The fraction of sp³-hybridized carbons (Fsp3) is 0.357. The first-order valence-corrected chi connectivity index (χ1v) is 7.62. The van der Waals surface area contributed by atoms with E-state index in [0.717, 1.165) is 21.9 Å². The Balaban J connectivity index is 2.60. The topological polar surface area (TPSA) is 66.1 Å². The number of halogens is 3. The predicted octanol–water partition coefficient (Wildman–Crippen LogP) is 2.46. The van der Waals surface area contributed by atoms with E-state index in [-0.39, 0.29) is 22.3 Å². The van der Waals surface area contributed by atoms with Crippen LogP contribution in [0.25, 0.3) is 5.69 Å². The molecule has 0 fully saturated rings. The molecule has 1 aromatic carbocycles. The average molecular weight is 362 g/mol. The van der Waals surface area contributed by atoms with Crippen LogP contribution in [-0.4, -0.2) is 27.6 Å². The molecule has 124 valence electrons. The van der Waals surface area contributed by atoms with E-state index >= 15 is 0 Å². The van der Waals surface area contributed by atoms with Gasteiger partial charge in [-0.2, -0.15) is 9.78 Å². The van der Waals surface area contributed by atoms with Gasteiger partial charge < -0.3 is 4.74 Å². The van der Waals surface area contributed by atoms with Crippen molar-refractivity contribution in [3.8, 4) is 11.4 Å². The molecule has 0 unspecified atom stereocenters. The van der Waals surface area contributed by atoms with Crippen LogP contribution in [0.4, 0.5) is 4.39 Å². The van der Waals surface area contributed by atoms with E-state index in [9.17, 15) is 14.0 Å². The summed E-state index contributed by atoms with van der Waals surface area (Å²) < 4.78 is 19.7. The minimum atomic E-state index is -0.849. The first-order chi connectivity index (χ1) is 11.0. The Kier molecular flexibility index (Phi) is 5.79. The van der Waals surface area contributed by atoms with Gasteiger partial charge in [0.25, 0.3) is 5.56 Å². The van der Waals surface area contributed by atoms with Crippen LogP contribution < -0.4 is 16.0 Å². The predicted molar refractivity (Wildman–Crippen MR) is 85.9 cm³/mol. The fourth-order valence-corrected chi connectivity index (χ4v) is 2.41. The van der Waals surface area contributed by atoms with Crippen molar-refractivity contribution in [3.63, 3.8) is 0 Å². The van der Waals surface area contributed by atoms with Crippen LogP contribution >= 0.6 is 23.2 Å². The zero-order valence-electron chi connectivity index (χ0n) is 12.3. The summed E-state index contributed by atoms with van der Waals surface area (Å²) in [6, 6.07) is 2.88. The van der Waals surface area contributed by atoms with E-state index in [1.54, 1.807) is 0 Å². The normalized spacial score (nSPS) is 10.8. The number of alkyl halides is 1. The van der Waals surface area contributed by atoms with Gasteiger partial charge in [0.05, 0.1) is 28.9 Å². The molecule has 0 amide bonds. The van der Waals surface area contributed by atoms with E-state index in [1.807, 2.05) is 6.92 Å². The lowest BCUT2D eigenvalue weighted by Crippen LogP contribution is -2.40. The van der Waals surface area contributed by atoms with Crippen LogP contribution in [0.5, 0.6) is 5.75 Å². The Labute approximate surface area is 141 Å². The number of hydrogen-bond acceptors (Lipinski definition) is 4. The third-order valence-electron chi connectivity index (χ3n) is 2.96. The molecule has 1 aromatic heterocycles. The molecule has 2 aromatic rings. The van der Waals surface area contributed by atoms with Crippen molar-refractivity contribution in [2.75, 3.05) is 13.3 Å². The summed E-state index contributed by atoms with van der Waals surface area (Å²) >= 11 is 12.2. The van der Waals surface area contributed by atoms with Crippen LogP contribution in [-0.2, 0) is 6.54 Å². The average Bonchev–Trinajstić information content (AvgIpc) is 2.51. The highest BCUT2D eigenvalue weighted by molar-refractivity contribution is 6.36. The Morgan fingerprint density at radius 3 is 2.65 bits per heavy atom. The molecule has 0 bridgehead atoms. The van der Waals surface area contributed by atoms with Gasteiger partial charge in [-0.25, -0.2) is 9.18 Å². The second kappa shape index (κ2) is 7.61. The second-order valence-electron chi connectivity index (χ2n) is 4.60. The zero-order valence-corrected chi connectivity index (χ0v) is 13.8. The minimum Gasteiger partial charge on any atom is -0.492 e. The Morgan fingerprint density at radius 1 is 1.26 bits per heavy atom. The molecular formula is C14H14Cl2FN3O3. The molecule has 0 spiro atoms. The van der Waals surface area contributed by atoms with Crippen LogP contribution in [0.2, 0.25) is 10.0 Å². The fourth-order valence-electron chi connectivity index (χ4n) is 1.89. The number of hydrogen-bond donors (Lipinski definition) is 0. The molecule has 0 saturated carbocycles. The van der Waals surface area contributed by atoms with Crippen LogP contribution in [0, 0.1) is 0 Å². The van der Waals surface area contributed by atoms with Gasteiger partial charge in [-0.1, -0.05) is 30.1 Å². The van der Waals surface area contributed by atoms with Crippen molar-refractivity contribution < 1.29 is 9.13 Å². The van der Waals surface area contributed by atoms with Crippen molar-refractivity contribution in [3.05, 3.63) is 49.2 Å². The maximum Gasteiger partial charge on any atom is 0.352 e. The van der Waals surface area contributed by atoms with Gasteiger partial charge in [0.15, 0.2) is 0 Å².